The molecule has 1 aliphatic heterocycles. The molecule has 5 rings (SSSR count). The molecule has 1 unspecified atom stereocenters. The van der Waals surface area contributed by atoms with Crippen LogP contribution >= 0.6 is 23.2 Å². The summed E-state index contributed by atoms with van der Waals surface area (Å²) in [5, 5.41) is 10.9. The maximum atomic E-state index is 14.1. The number of carbonyl (C=O) groups excluding carboxylic acids is 1. The summed E-state index contributed by atoms with van der Waals surface area (Å²) in [5.41, 5.74) is -5.19. The summed E-state index contributed by atoms with van der Waals surface area (Å²) >= 11 is 12.4. The van der Waals surface area contributed by atoms with Crippen LogP contribution in [0.4, 0.5) is 13.2 Å². The van der Waals surface area contributed by atoms with Gasteiger partial charge in [-0.2, -0.15) is 13.2 Å². The number of hydrogen-bond acceptors (Lipinski definition) is 4. The van der Waals surface area contributed by atoms with E-state index in [1.165, 1.54) is 11.0 Å². The molecule has 2 aliphatic carbocycles. The Balaban J connectivity index is 1.69. The van der Waals surface area contributed by atoms with Gasteiger partial charge in [0.2, 0.25) is 15.7 Å². The number of rotatable bonds is 6. The van der Waals surface area contributed by atoms with Gasteiger partial charge >= 0.3 is 5.51 Å². The van der Waals surface area contributed by atoms with Gasteiger partial charge in [0.1, 0.15) is 0 Å². The van der Waals surface area contributed by atoms with Gasteiger partial charge in [-0.25, -0.2) is 8.42 Å². The van der Waals surface area contributed by atoms with Crippen LogP contribution in [0.1, 0.15) is 48.8 Å². The average molecular weight is 574 g/mol. The predicted octanol–water partition coefficient (Wildman–Crippen LogP) is 6.60. The van der Waals surface area contributed by atoms with Crippen LogP contribution in [0.2, 0.25) is 10.0 Å². The smallest absolute Gasteiger partial charge is 0.497 e. The van der Waals surface area contributed by atoms with E-state index in [0.29, 0.717) is 28.5 Å². The Morgan fingerprint density at radius 2 is 1.70 bits per heavy atom. The number of hydrogen-bond donors (Lipinski definition) is 1. The third-order valence-corrected chi connectivity index (χ3v) is 9.59. The van der Waals surface area contributed by atoms with Crippen molar-refractivity contribution in [3.63, 3.8) is 0 Å². The second-order valence-electron chi connectivity index (χ2n) is 10.2. The molecule has 11 heteroatoms. The van der Waals surface area contributed by atoms with Crippen LogP contribution in [0.5, 0.6) is 0 Å². The third kappa shape index (κ3) is 4.86. The Labute approximate surface area is 222 Å². The standard InChI is InChI=1S/C26H24Cl2F3NO4S/c27-18-8-6-16(7-9-18)23-21(17-2-1-3-19(28)10-17)13-25(11-20(33)12-25)24(34)32(23)22(15-4-5-15)14-37(35,36)26(29,30)31/h1-3,6-11,15,21-23,33H,4-5,12-14H2/t21-,22?,23-,25+/m1/s1. The summed E-state index contributed by atoms with van der Waals surface area (Å²) in [7, 11) is -5.51. The van der Waals surface area contributed by atoms with E-state index in [1.54, 1.807) is 42.5 Å². The Morgan fingerprint density at radius 1 is 1.05 bits per heavy atom. The first-order chi connectivity index (χ1) is 17.3. The van der Waals surface area contributed by atoms with Crippen LogP contribution < -0.4 is 0 Å². The SMILES string of the molecule is O=C1N(C(CS(=O)(=O)C(F)(F)F)C2CC2)[C@H](c2ccc(Cl)cc2)[C@@H](c2cccc(Cl)c2)C[C@@]12C=C(O)C2. The van der Waals surface area contributed by atoms with Crippen molar-refractivity contribution >= 4 is 38.9 Å². The molecule has 5 nitrogen and oxygen atoms in total. The topological polar surface area (TPSA) is 74.7 Å². The normalized spacial score (nSPS) is 27.1. The van der Waals surface area contributed by atoms with Crippen molar-refractivity contribution < 1.29 is 31.5 Å². The zero-order chi connectivity index (χ0) is 26.8. The minimum Gasteiger partial charge on any atom is -0.513 e. The van der Waals surface area contributed by atoms with Gasteiger partial charge < -0.3 is 10.0 Å². The maximum Gasteiger partial charge on any atom is 0.497 e. The fourth-order valence-electron chi connectivity index (χ4n) is 5.74. The van der Waals surface area contributed by atoms with Crippen molar-refractivity contribution in [2.24, 2.45) is 11.3 Å². The quantitative estimate of drug-likeness (QED) is 0.422. The Bertz CT molecular complexity index is 1360. The van der Waals surface area contributed by atoms with Gasteiger partial charge in [-0.05, 0) is 66.6 Å². The highest BCUT2D eigenvalue weighted by molar-refractivity contribution is 7.92. The van der Waals surface area contributed by atoms with Gasteiger partial charge in [0.05, 0.1) is 23.0 Å². The predicted molar refractivity (Wildman–Crippen MR) is 134 cm³/mol. The van der Waals surface area contributed by atoms with Crippen molar-refractivity contribution in [2.75, 3.05) is 5.75 Å². The monoisotopic (exact) mass is 573 g/mol. The first-order valence-electron chi connectivity index (χ1n) is 11.8. The van der Waals surface area contributed by atoms with Gasteiger partial charge in [-0.1, -0.05) is 47.5 Å². The molecule has 2 aromatic carbocycles. The van der Waals surface area contributed by atoms with Crippen LogP contribution in [-0.4, -0.2) is 41.6 Å². The first kappa shape index (κ1) is 26.4. The molecule has 1 amide bonds. The summed E-state index contributed by atoms with van der Waals surface area (Å²) in [5.74, 6) is -2.49. The first-order valence-corrected chi connectivity index (χ1v) is 14.3. The van der Waals surface area contributed by atoms with Gasteiger partial charge in [0, 0.05) is 28.4 Å². The number of amides is 1. The molecule has 1 spiro atoms. The fourth-order valence-corrected chi connectivity index (χ4v) is 7.14. The molecule has 0 bridgehead atoms. The van der Waals surface area contributed by atoms with Gasteiger partial charge in [-0.15, -0.1) is 0 Å². The lowest BCUT2D eigenvalue weighted by molar-refractivity contribution is -0.154. The number of likely N-dealkylation sites (tertiary alicyclic amines) is 1. The Hall–Kier alpha value is -2.23. The number of aliphatic hydroxyl groups excluding tert-OH is 1. The number of halogens is 5. The van der Waals surface area contributed by atoms with Crippen molar-refractivity contribution in [3.05, 3.63) is 81.5 Å². The van der Waals surface area contributed by atoms with Crippen molar-refractivity contribution in [1.82, 2.24) is 4.90 Å². The summed E-state index contributed by atoms with van der Waals surface area (Å²) in [4.78, 5) is 15.5. The van der Waals surface area contributed by atoms with Gasteiger partial charge in [-0.3, -0.25) is 4.79 Å². The van der Waals surface area contributed by atoms with Crippen LogP contribution in [0.3, 0.4) is 0 Å². The summed E-state index contributed by atoms with van der Waals surface area (Å²) in [6.07, 6.45) is 2.80. The van der Waals surface area contributed by atoms with E-state index in [1.807, 2.05) is 6.07 Å². The number of benzene rings is 2. The Morgan fingerprint density at radius 3 is 2.24 bits per heavy atom. The lowest BCUT2D eigenvalue weighted by Crippen LogP contribution is -2.60. The molecule has 37 heavy (non-hydrogen) atoms. The highest BCUT2D eigenvalue weighted by atomic mass is 35.5. The molecule has 2 aromatic rings. The van der Waals surface area contributed by atoms with Gasteiger partial charge in [0.25, 0.3) is 0 Å². The van der Waals surface area contributed by atoms with E-state index >= 15 is 0 Å². The molecule has 1 saturated carbocycles. The highest BCUT2D eigenvalue weighted by Crippen LogP contribution is 2.58. The number of aliphatic hydroxyl groups is 1. The number of piperidine rings is 1. The summed E-state index contributed by atoms with van der Waals surface area (Å²) in [6.45, 7) is 0. The molecule has 3 aliphatic rings. The molecular weight excluding hydrogens is 550 g/mol. The summed E-state index contributed by atoms with van der Waals surface area (Å²) in [6, 6.07) is 11.8. The molecular formula is C26H24Cl2F3NO4S. The number of allylic oxidation sites excluding steroid dienone is 1. The van der Waals surface area contributed by atoms with Crippen LogP contribution in [0.25, 0.3) is 0 Å². The van der Waals surface area contributed by atoms with E-state index in [9.17, 15) is 31.5 Å². The number of sulfone groups is 1. The molecule has 1 N–H and O–H groups in total. The van der Waals surface area contributed by atoms with E-state index in [-0.39, 0.29) is 24.5 Å². The lowest BCUT2D eigenvalue weighted by atomic mass is 9.61. The minimum absolute atomic E-state index is 0.0222. The van der Waals surface area contributed by atoms with Crippen LogP contribution in [0.15, 0.2) is 60.4 Å². The molecule has 0 aromatic heterocycles. The summed E-state index contributed by atoms with van der Waals surface area (Å²) < 4.78 is 65.3. The lowest BCUT2D eigenvalue weighted by Gasteiger charge is -2.54. The van der Waals surface area contributed by atoms with Crippen molar-refractivity contribution in [1.29, 1.82) is 0 Å². The largest absolute Gasteiger partial charge is 0.513 e. The fraction of sp³-hybridized carbons (Fsp3) is 0.423. The van der Waals surface area contributed by atoms with Crippen molar-refractivity contribution in [3.8, 4) is 0 Å². The minimum atomic E-state index is -5.51. The third-order valence-electron chi connectivity index (χ3n) is 7.62. The molecule has 2 fully saturated rings. The van der Waals surface area contributed by atoms with Gasteiger partial charge in [0.15, 0.2) is 0 Å². The maximum absolute atomic E-state index is 14.1. The number of carbonyl (C=O) groups is 1. The second kappa shape index (κ2) is 9.20. The van der Waals surface area contributed by atoms with Crippen LogP contribution in [0, 0.1) is 11.3 Å². The highest BCUT2D eigenvalue weighted by Gasteiger charge is 2.59. The number of alkyl halides is 3. The molecule has 0 radical (unpaired) electrons. The molecule has 4 atom stereocenters. The molecule has 198 valence electrons. The molecule has 1 saturated heterocycles. The number of nitrogens with zero attached hydrogens (tertiary/aromatic N) is 1. The molecule has 1 heterocycles. The van der Waals surface area contributed by atoms with Crippen LogP contribution in [-0.2, 0) is 14.6 Å². The van der Waals surface area contributed by atoms with E-state index < -0.39 is 50.4 Å². The zero-order valence-electron chi connectivity index (χ0n) is 19.5. The Kier molecular flexibility index (Phi) is 6.56. The zero-order valence-corrected chi connectivity index (χ0v) is 21.8. The van der Waals surface area contributed by atoms with Crippen molar-refractivity contribution in [2.45, 2.75) is 49.2 Å². The average Bonchev–Trinajstić information content (AvgIpc) is 3.63. The van der Waals surface area contributed by atoms with E-state index in [4.69, 9.17) is 23.2 Å². The van der Waals surface area contributed by atoms with E-state index in [0.717, 1.165) is 5.56 Å². The second-order valence-corrected chi connectivity index (χ2v) is 13.1. The van der Waals surface area contributed by atoms with E-state index in [2.05, 4.69) is 0 Å².